The maximum atomic E-state index is 2.50. The second-order valence-electron chi connectivity index (χ2n) is 11.7. The summed E-state index contributed by atoms with van der Waals surface area (Å²) in [5, 5.41) is 0. The maximum Gasteiger partial charge on any atom is 0.212 e. The van der Waals surface area contributed by atoms with Crippen molar-refractivity contribution in [3.63, 3.8) is 0 Å². The number of pyridine rings is 1. The highest BCUT2D eigenvalue weighted by molar-refractivity contribution is 5.63. The van der Waals surface area contributed by atoms with Crippen LogP contribution in [0.1, 0.15) is 103 Å². The molecule has 1 saturated carbocycles. The van der Waals surface area contributed by atoms with E-state index in [2.05, 4.69) is 97.5 Å². The number of rotatable bonds is 2. The third-order valence-corrected chi connectivity index (χ3v) is 7.06. The van der Waals surface area contributed by atoms with Crippen LogP contribution in [-0.4, -0.2) is 0 Å². The topological polar surface area (TPSA) is 3.88 Å². The van der Waals surface area contributed by atoms with E-state index in [-0.39, 0.29) is 10.8 Å². The summed E-state index contributed by atoms with van der Waals surface area (Å²) in [5.41, 5.74) is 9.17. The fraction of sp³-hybridized carbons (Fsp3) is 0.607. The molecule has 0 atom stereocenters. The summed E-state index contributed by atoms with van der Waals surface area (Å²) in [6.45, 7) is 18.7. The van der Waals surface area contributed by atoms with Crippen molar-refractivity contribution in [2.45, 2.75) is 104 Å². The molecule has 0 saturated heterocycles. The van der Waals surface area contributed by atoms with E-state index in [0.717, 1.165) is 0 Å². The van der Waals surface area contributed by atoms with E-state index in [0.29, 0.717) is 5.41 Å². The van der Waals surface area contributed by atoms with Crippen LogP contribution in [0.5, 0.6) is 0 Å². The van der Waals surface area contributed by atoms with Gasteiger partial charge in [-0.05, 0) is 58.8 Å². The molecule has 0 N–H and O–H groups in total. The molecule has 1 aliphatic rings. The molecule has 1 fully saturated rings. The van der Waals surface area contributed by atoms with Crippen molar-refractivity contribution in [1.82, 2.24) is 0 Å². The summed E-state index contributed by atoms with van der Waals surface area (Å²) >= 11 is 0. The summed E-state index contributed by atoms with van der Waals surface area (Å²) in [7, 11) is 2.23. The Labute approximate surface area is 179 Å². The standard InChI is InChI=1S/C28H42N/c1-20-17-21(26(2,3)4)13-14-22(20)25-18-23(27(5,6)7)24(19-29(25)9)28(8)15-11-10-12-16-28/h13-14,17-19H,10-12,15-16H2,1-9H3/q+1. The van der Waals surface area contributed by atoms with Gasteiger partial charge in [0.05, 0.1) is 0 Å². The Balaban J connectivity index is 2.17. The van der Waals surface area contributed by atoms with Crippen LogP contribution in [0.4, 0.5) is 0 Å². The monoisotopic (exact) mass is 392 g/mol. The smallest absolute Gasteiger partial charge is 0.201 e. The highest BCUT2D eigenvalue weighted by atomic mass is 14.9. The quantitative estimate of drug-likeness (QED) is 0.472. The van der Waals surface area contributed by atoms with Crippen molar-refractivity contribution in [1.29, 1.82) is 0 Å². The number of aromatic nitrogens is 1. The predicted molar refractivity (Wildman–Crippen MR) is 126 cm³/mol. The van der Waals surface area contributed by atoms with Crippen LogP contribution in [0.3, 0.4) is 0 Å². The molecule has 1 aliphatic carbocycles. The molecule has 0 bridgehead atoms. The second-order valence-corrected chi connectivity index (χ2v) is 11.7. The van der Waals surface area contributed by atoms with Crippen molar-refractivity contribution in [2.24, 2.45) is 7.05 Å². The van der Waals surface area contributed by atoms with E-state index in [9.17, 15) is 0 Å². The maximum absolute atomic E-state index is 2.50. The highest BCUT2D eigenvalue weighted by Crippen LogP contribution is 2.43. The summed E-state index contributed by atoms with van der Waals surface area (Å²) in [6.07, 6.45) is 9.20. The Kier molecular flexibility index (Phi) is 5.75. The van der Waals surface area contributed by atoms with Gasteiger partial charge in [0.1, 0.15) is 7.05 Å². The summed E-state index contributed by atoms with van der Waals surface area (Å²) in [4.78, 5) is 0. The van der Waals surface area contributed by atoms with E-state index in [4.69, 9.17) is 0 Å². The van der Waals surface area contributed by atoms with E-state index >= 15 is 0 Å². The van der Waals surface area contributed by atoms with E-state index in [1.807, 2.05) is 0 Å². The molecule has 1 aromatic heterocycles. The van der Waals surface area contributed by atoms with E-state index in [1.54, 1.807) is 5.56 Å². The zero-order chi connectivity index (χ0) is 21.6. The minimum absolute atomic E-state index is 0.137. The Hall–Kier alpha value is -1.63. The second kappa shape index (κ2) is 7.56. The van der Waals surface area contributed by atoms with E-state index in [1.165, 1.54) is 60.1 Å². The van der Waals surface area contributed by atoms with Crippen molar-refractivity contribution in [3.8, 4) is 11.3 Å². The molecule has 158 valence electrons. The number of hydrogen-bond acceptors (Lipinski definition) is 0. The first-order valence-electron chi connectivity index (χ1n) is 11.5. The van der Waals surface area contributed by atoms with Crippen molar-refractivity contribution < 1.29 is 4.57 Å². The fourth-order valence-electron chi connectivity index (χ4n) is 5.04. The molecule has 1 aromatic carbocycles. The molecule has 0 aliphatic heterocycles. The van der Waals surface area contributed by atoms with Gasteiger partial charge in [-0.25, -0.2) is 4.57 Å². The Morgan fingerprint density at radius 2 is 1.48 bits per heavy atom. The Morgan fingerprint density at radius 1 is 0.862 bits per heavy atom. The molecule has 1 heteroatoms. The third kappa shape index (κ3) is 4.44. The average Bonchev–Trinajstić information content (AvgIpc) is 2.60. The zero-order valence-corrected chi connectivity index (χ0v) is 20.4. The molecule has 29 heavy (non-hydrogen) atoms. The summed E-state index contributed by atoms with van der Waals surface area (Å²) in [5.74, 6) is 0. The SMILES string of the molecule is Cc1cc(C(C)(C)C)ccc1-c1cc(C(C)(C)C)c(C2(C)CCCCC2)c[n+]1C. The van der Waals surface area contributed by atoms with Gasteiger partial charge >= 0.3 is 0 Å². The van der Waals surface area contributed by atoms with Crippen molar-refractivity contribution in [3.05, 3.63) is 52.7 Å². The number of aryl methyl sites for hydroxylation is 2. The van der Waals surface area contributed by atoms with Gasteiger partial charge < -0.3 is 0 Å². The first-order chi connectivity index (χ1) is 13.3. The van der Waals surface area contributed by atoms with Gasteiger partial charge in [0.25, 0.3) is 0 Å². The van der Waals surface area contributed by atoms with Gasteiger partial charge in [-0.2, -0.15) is 0 Å². The highest BCUT2D eigenvalue weighted by Gasteiger charge is 2.36. The largest absolute Gasteiger partial charge is 0.212 e. The lowest BCUT2D eigenvalue weighted by Crippen LogP contribution is -2.38. The molecular formula is C28H42N+. The molecule has 3 rings (SSSR count). The van der Waals surface area contributed by atoms with Gasteiger partial charge in [-0.1, -0.05) is 79.9 Å². The van der Waals surface area contributed by atoms with Crippen LogP contribution >= 0.6 is 0 Å². The zero-order valence-electron chi connectivity index (χ0n) is 20.4. The van der Waals surface area contributed by atoms with Crippen molar-refractivity contribution in [2.75, 3.05) is 0 Å². The van der Waals surface area contributed by atoms with Crippen molar-refractivity contribution >= 4 is 0 Å². The third-order valence-electron chi connectivity index (χ3n) is 7.06. The number of nitrogens with zero attached hydrogens (tertiary/aromatic N) is 1. The molecule has 0 unspecified atom stereocenters. The molecule has 2 aromatic rings. The van der Waals surface area contributed by atoms with Gasteiger partial charge in [0.15, 0.2) is 6.20 Å². The Morgan fingerprint density at radius 3 is 2.00 bits per heavy atom. The normalized spacial score (nSPS) is 17.4. The van der Waals surface area contributed by atoms with Gasteiger partial charge in [-0.15, -0.1) is 0 Å². The average molecular weight is 393 g/mol. The molecule has 0 radical (unpaired) electrons. The van der Waals surface area contributed by atoms with Crippen LogP contribution in [0.2, 0.25) is 0 Å². The number of benzene rings is 1. The fourth-order valence-corrected chi connectivity index (χ4v) is 5.04. The van der Waals surface area contributed by atoms with Crippen LogP contribution in [0.15, 0.2) is 30.5 Å². The Bertz CT molecular complexity index is 884. The molecule has 0 spiro atoms. The molecule has 1 heterocycles. The van der Waals surface area contributed by atoms with Crippen LogP contribution in [0.25, 0.3) is 11.3 Å². The summed E-state index contributed by atoms with van der Waals surface area (Å²) < 4.78 is 2.38. The molecule has 0 amide bonds. The van der Waals surface area contributed by atoms with Crippen LogP contribution < -0.4 is 4.57 Å². The minimum Gasteiger partial charge on any atom is -0.201 e. The first-order valence-corrected chi connectivity index (χ1v) is 11.5. The predicted octanol–water partition coefficient (Wildman–Crippen LogP) is 7.30. The minimum atomic E-state index is 0.137. The molecular weight excluding hydrogens is 350 g/mol. The lowest BCUT2D eigenvalue weighted by molar-refractivity contribution is -0.661. The van der Waals surface area contributed by atoms with Gasteiger partial charge in [-0.3, -0.25) is 0 Å². The van der Waals surface area contributed by atoms with Crippen LogP contribution in [0, 0.1) is 6.92 Å². The lowest BCUT2D eigenvalue weighted by atomic mass is 9.67. The van der Waals surface area contributed by atoms with E-state index < -0.39 is 0 Å². The summed E-state index contributed by atoms with van der Waals surface area (Å²) in [6, 6.07) is 9.52. The number of hydrogen-bond donors (Lipinski definition) is 0. The lowest BCUT2D eigenvalue weighted by Gasteiger charge is -2.37. The van der Waals surface area contributed by atoms with Gasteiger partial charge in [0.2, 0.25) is 5.69 Å². The van der Waals surface area contributed by atoms with Gasteiger partial charge in [0, 0.05) is 17.2 Å². The van der Waals surface area contributed by atoms with Crippen LogP contribution in [-0.2, 0) is 23.3 Å². The molecule has 1 nitrogen and oxygen atoms in total. The first kappa shape index (κ1) is 22.1.